The van der Waals surface area contributed by atoms with Gasteiger partial charge in [0.2, 0.25) is 5.95 Å². The number of aromatic nitrogens is 3. The molecular weight excluding hydrogens is 412 g/mol. The van der Waals surface area contributed by atoms with Gasteiger partial charge in [0, 0.05) is 18.7 Å². The Labute approximate surface area is 186 Å². The minimum Gasteiger partial charge on any atom is -0.497 e. The zero-order chi connectivity index (χ0) is 21.8. The van der Waals surface area contributed by atoms with Crippen LogP contribution in [0.2, 0.25) is 0 Å². The van der Waals surface area contributed by atoms with Gasteiger partial charge in [-0.25, -0.2) is 0 Å². The van der Waals surface area contributed by atoms with Crippen molar-refractivity contribution in [1.82, 2.24) is 14.8 Å². The van der Waals surface area contributed by atoms with Crippen LogP contribution in [0.25, 0.3) is 0 Å². The molecule has 0 aliphatic carbocycles. The molecular formula is C23H28N4O3S. The first-order valence-corrected chi connectivity index (χ1v) is 11.5. The van der Waals surface area contributed by atoms with Crippen molar-refractivity contribution in [1.29, 1.82) is 0 Å². The summed E-state index contributed by atoms with van der Waals surface area (Å²) < 4.78 is 12.8. The zero-order valence-electron chi connectivity index (χ0n) is 18.2. The van der Waals surface area contributed by atoms with Crippen LogP contribution in [0, 0.1) is 11.8 Å². The van der Waals surface area contributed by atoms with E-state index in [1.807, 2.05) is 12.1 Å². The van der Waals surface area contributed by atoms with Crippen LogP contribution < -0.4 is 9.64 Å². The van der Waals surface area contributed by atoms with Crippen molar-refractivity contribution in [2.75, 3.05) is 30.9 Å². The quantitative estimate of drug-likeness (QED) is 0.380. The molecule has 164 valence electrons. The summed E-state index contributed by atoms with van der Waals surface area (Å²) in [5, 5.41) is 9.67. The SMILES string of the molecule is COc1ccc(C(=O)CSc2nnc(N3CC(C)CC(C)C3)n2Cc2ccco2)cc1. The lowest BCUT2D eigenvalue weighted by Crippen LogP contribution is -2.40. The maximum absolute atomic E-state index is 12.7. The molecule has 0 bridgehead atoms. The van der Waals surface area contributed by atoms with Crippen molar-refractivity contribution in [2.24, 2.45) is 11.8 Å². The Balaban J connectivity index is 1.53. The van der Waals surface area contributed by atoms with Gasteiger partial charge in [0.25, 0.3) is 0 Å². The third-order valence-electron chi connectivity index (χ3n) is 5.49. The number of Topliss-reactive ketones (excluding diaryl/α,β-unsaturated/α-hetero) is 1. The molecule has 4 rings (SSSR count). The van der Waals surface area contributed by atoms with Crippen molar-refractivity contribution >= 4 is 23.5 Å². The molecule has 1 saturated heterocycles. The summed E-state index contributed by atoms with van der Waals surface area (Å²) in [7, 11) is 1.61. The van der Waals surface area contributed by atoms with Gasteiger partial charge in [0.1, 0.15) is 11.5 Å². The molecule has 31 heavy (non-hydrogen) atoms. The number of hydrogen-bond acceptors (Lipinski definition) is 7. The van der Waals surface area contributed by atoms with E-state index in [9.17, 15) is 4.79 Å². The number of carbonyl (C=O) groups is 1. The average molecular weight is 441 g/mol. The van der Waals surface area contributed by atoms with Crippen LogP contribution in [0.5, 0.6) is 5.75 Å². The second-order valence-corrected chi connectivity index (χ2v) is 9.18. The minimum atomic E-state index is 0.0435. The van der Waals surface area contributed by atoms with Crippen LogP contribution in [0.4, 0.5) is 5.95 Å². The lowest BCUT2D eigenvalue weighted by atomic mass is 9.92. The first kappa shape index (κ1) is 21.5. The highest BCUT2D eigenvalue weighted by Crippen LogP contribution is 2.29. The van der Waals surface area contributed by atoms with Crippen LogP contribution in [0.3, 0.4) is 0 Å². The molecule has 1 aliphatic heterocycles. The van der Waals surface area contributed by atoms with Gasteiger partial charge >= 0.3 is 0 Å². The Morgan fingerprint density at radius 3 is 2.55 bits per heavy atom. The van der Waals surface area contributed by atoms with Crippen molar-refractivity contribution in [3.05, 3.63) is 54.0 Å². The van der Waals surface area contributed by atoms with E-state index in [0.29, 0.717) is 23.9 Å². The van der Waals surface area contributed by atoms with E-state index in [0.717, 1.165) is 35.7 Å². The van der Waals surface area contributed by atoms with E-state index in [4.69, 9.17) is 9.15 Å². The van der Waals surface area contributed by atoms with Gasteiger partial charge in [-0.1, -0.05) is 25.6 Å². The first-order valence-electron chi connectivity index (χ1n) is 10.5. The molecule has 3 aromatic rings. The van der Waals surface area contributed by atoms with E-state index < -0.39 is 0 Å². The third kappa shape index (κ3) is 5.12. The predicted octanol–water partition coefficient (Wildman–Crippen LogP) is 4.39. The second kappa shape index (κ2) is 9.60. The molecule has 2 unspecified atom stereocenters. The standard InChI is InChI=1S/C23H28N4O3S/c1-16-11-17(2)13-26(12-16)22-24-25-23(27(22)14-20-5-4-10-30-20)31-15-21(28)18-6-8-19(29-3)9-7-18/h4-10,16-17H,11-15H2,1-3H3. The molecule has 7 nitrogen and oxygen atoms in total. The van der Waals surface area contributed by atoms with Crippen molar-refractivity contribution in [3.63, 3.8) is 0 Å². The number of furan rings is 1. The van der Waals surface area contributed by atoms with Crippen molar-refractivity contribution in [3.8, 4) is 5.75 Å². The number of nitrogens with zero attached hydrogens (tertiary/aromatic N) is 4. The Morgan fingerprint density at radius 2 is 1.90 bits per heavy atom. The van der Waals surface area contributed by atoms with Crippen LogP contribution >= 0.6 is 11.8 Å². The number of ketones is 1. The van der Waals surface area contributed by atoms with E-state index in [2.05, 4.69) is 33.5 Å². The monoisotopic (exact) mass is 440 g/mol. The molecule has 0 amide bonds. The molecule has 1 aliphatic rings. The number of hydrogen-bond donors (Lipinski definition) is 0. The van der Waals surface area contributed by atoms with Gasteiger partial charge in [0.15, 0.2) is 10.9 Å². The molecule has 0 radical (unpaired) electrons. The predicted molar refractivity (Wildman–Crippen MR) is 121 cm³/mol. The first-order chi connectivity index (χ1) is 15.0. The Kier molecular flexibility index (Phi) is 6.65. The molecule has 1 aromatic carbocycles. The Hall–Kier alpha value is -2.74. The minimum absolute atomic E-state index is 0.0435. The van der Waals surface area contributed by atoms with Crippen LogP contribution in [-0.4, -0.2) is 46.5 Å². The number of benzene rings is 1. The van der Waals surface area contributed by atoms with E-state index in [1.165, 1.54) is 18.2 Å². The number of rotatable bonds is 8. The van der Waals surface area contributed by atoms with E-state index in [-0.39, 0.29) is 11.5 Å². The smallest absolute Gasteiger partial charge is 0.228 e. The normalized spacial score (nSPS) is 18.9. The van der Waals surface area contributed by atoms with E-state index in [1.54, 1.807) is 37.6 Å². The second-order valence-electron chi connectivity index (χ2n) is 8.24. The summed E-state index contributed by atoms with van der Waals surface area (Å²) in [5.41, 5.74) is 0.657. The maximum atomic E-state index is 12.7. The number of carbonyl (C=O) groups excluding carboxylic acids is 1. The van der Waals surface area contributed by atoms with Crippen LogP contribution in [0.1, 0.15) is 36.4 Å². The largest absolute Gasteiger partial charge is 0.497 e. The van der Waals surface area contributed by atoms with Gasteiger partial charge in [-0.15, -0.1) is 10.2 Å². The van der Waals surface area contributed by atoms with Gasteiger partial charge < -0.3 is 14.1 Å². The zero-order valence-corrected chi connectivity index (χ0v) is 19.0. The fraction of sp³-hybridized carbons (Fsp3) is 0.435. The lowest BCUT2D eigenvalue weighted by molar-refractivity contribution is 0.102. The molecule has 0 N–H and O–H groups in total. The summed E-state index contributed by atoms with van der Waals surface area (Å²) in [6, 6.07) is 11.0. The average Bonchev–Trinajstić information content (AvgIpc) is 3.42. The van der Waals surface area contributed by atoms with Crippen LogP contribution in [-0.2, 0) is 6.54 Å². The molecule has 1 fully saturated rings. The third-order valence-corrected chi connectivity index (χ3v) is 6.45. The van der Waals surface area contributed by atoms with Gasteiger partial charge in [-0.3, -0.25) is 9.36 Å². The molecule has 2 aromatic heterocycles. The summed E-state index contributed by atoms with van der Waals surface area (Å²) in [4.78, 5) is 15.0. The Bertz CT molecular complexity index is 991. The number of thioether (sulfide) groups is 1. The number of ether oxygens (including phenoxy) is 1. The van der Waals surface area contributed by atoms with Gasteiger partial charge in [-0.2, -0.15) is 0 Å². The fourth-order valence-electron chi connectivity index (χ4n) is 4.14. The molecule has 8 heteroatoms. The van der Waals surface area contributed by atoms with E-state index >= 15 is 0 Å². The number of methoxy groups -OCH3 is 1. The van der Waals surface area contributed by atoms with Crippen molar-refractivity contribution in [2.45, 2.75) is 32.0 Å². The van der Waals surface area contributed by atoms with Gasteiger partial charge in [0.05, 0.1) is 25.7 Å². The molecule has 2 atom stereocenters. The summed E-state index contributed by atoms with van der Waals surface area (Å²) in [5.74, 6) is 3.95. The summed E-state index contributed by atoms with van der Waals surface area (Å²) >= 11 is 1.41. The molecule has 0 spiro atoms. The fourth-order valence-corrected chi connectivity index (χ4v) is 4.96. The molecule has 0 saturated carbocycles. The topological polar surface area (TPSA) is 73.4 Å². The highest BCUT2D eigenvalue weighted by molar-refractivity contribution is 7.99. The number of anilines is 1. The highest BCUT2D eigenvalue weighted by atomic mass is 32.2. The number of piperidine rings is 1. The highest BCUT2D eigenvalue weighted by Gasteiger charge is 2.27. The Morgan fingerprint density at radius 1 is 1.16 bits per heavy atom. The lowest BCUT2D eigenvalue weighted by Gasteiger charge is -2.35. The summed E-state index contributed by atoms with van der Waals surface area (Å²) in [6.07, 6.45) is 2.89. The van der Waals surface area contributed by atoms with Crippen LogP contribution in [0.15, 0.2) is 52.2 Å². The van der Waals surface area contributed by atoms with Gasteiger partial charge in [-0.05, 0) is 54.7 Å². The van der Waals surface area contributed by atoms with Crippen molar-refractivity contribution < 1.29 is 13.9 Å². The molecule has 3 heterocycles. The maximum Gasteiger partial charge on any atom is 0.228 e. The summed E-state index contributed by atoms with van der Waals surface area (Å²) in [6.45, 7) is 7.00.